The van der Waals surface area contributed by atoms with E-state index in [1.54, 1.807) is 7.05 Å². The molecule has 6 nitrogen and oxygen atoms in total. The Morgan fingerprint density at radius 2 is 2.00 bits per heavy atom. The summed E-state index contributed by atoms with van der Waals surface area (Å²) in [6.07, 6.45) is -3.23. The number of amides is 3. The molecule has 9 heteroatoms. The molecule has 162 valence electrons. The van der Waals surface area contributed by atoms with E-state index in [2.05, 4.69) is 0 Å². The van der Waals surface area contributed by atoms with Crippen LogP contribution in [0.4, 0.5) is 13.2 Å². The average molecular weight is 424 g/mol. The van der Waals surface area contributed by atoms with Gasteiger partial charge in [-0.3, -0.25) is 19.3 Å². The third-order valence-corrected chi connectivity index (χ3v) is 6.30. The van der Waals surface area contributed by atoms with E-state index in [-0.39, 0.29) is 36.4 Å². The molecule has 0 unspecified atom stereocenters. The molecule has 3 aliphatic rings. The smallest absolute Gasteiger partial charge is 0.379 e. The van der Waals surface area contributed by atoms with Gasteiger partial charge in [-0.25, -0.2) is 0 Å². The number of likely N-dealkylation sites (tertiary alicyclic amines) is 1. The number of alkyl halides is 3. The van der Waals surface area contributed by atoms with E-state index in [4.69, 9.17) is 4.74 Å². The molecule has 1 saturated carbocycles. The second-order valence-electron chi connectivity index (χ2n) is 8.34. The molecule has 2 heterocycles. The zero-order valence-electron chi connectivity index (χ0n) is 16.6. The highest BCUT2D eigenvalue weighted by Gasteiger charge is 2.57. The van der Waals surface area contributed by atoms with E-state index < -0.39 is 29.0 Å². The molecule has 0 aromatic heterocycles. The van der Waals surface area contributed by atoms with Gasteiger partial charge in [0.1, 0.15) is 0 Å². The Morgan fingerprint density at radius 1 is 1.27 bits per heavy atom. The minimum absolute atomic E-state index is 0.0586. The lowest BCUT2D eigenvalue weighted by molar-refractivity contribution is -0.143. The monoisotopic (exact) mass is 424 g/mol. The van der Waals surface area contributed by atoms with Gasteiger partial charge in [0.05, 0.1) is 23.6 Å². The first-order valence-corrected chi connectivity index (χ1v) is 10.0. The van der Waals surface area contributed by atoms with Gasteiger partial charge in [0.2, 0.25) is 17.7 Å². The SMILES string of the molecule is CN(C(=O)C[C@]1(c2cccc(C(F)(F)F)c2)CC(=O)N(C2CC2)C1=O)[C@@H]1CCOC1. The molecule has 0 bridgehead atoms. The van der Waals surface area contributed by atoms with Crippen molar-refractivity contribution >= 4 is 17.7 Å². The first-order valence-electron chi connectivity index (χ1n) is 10.0. The number of hydrogen-bond acceptors (Lipinski definition) is 4. The van der Waals surface area contributed by atoms with Crippen LogP contribution in [0.15, 0.2) is 24.3 Å². The molecule has 1 aliphatic carbocycles. The van der Waals surface area contributed by atoms with Crippen molar-refractivity contribution in [3.8, 4) is 0 Å². The van der Waals surface area contributed by atoms with Gasteiger partial charge in [-0.05, 0) is 30.9 Å². The molecule has 2 saturated heterocycles. The summed E-state index contributed by atoms with van der Waals surface area (Å²) in [4.78, 5) is 41.8. The number of benzene rings is 1. The standard InChI is InChI=1S/C21H23F3N2O4/c1-25(16-7-8-30-12-16)17(27)10-20(11-18(28)26(19(20)29)15-5-6-15)13-3-2-4-14(9-13)21(22,23)24/h2-4,9,15-16H,5-8,10-12H2,1H3/t16-,20-/m1/s1. The van der Waals surface area contributed by atoms with Crippen molar-refractivity contribution < 1.29 is 32.3 Å². The minimum atomic E-state index is -4.60. The normalized spacial score (nSPS) is 27.1. The minimum Gasteiger partial charge on any atom is -0.379 e. The molecule has 1 aromatic rings. The van der Waals surface area contributed by atoms with Crippen LogP contribution in [0.25, 0.3) is 0 Å². The topological polar surface area (TPSA) is 66.9 Å². The highest BCUT2D eigenvalue weighted by Crippen LogP contribution is 2.45. The van der Waals surface area contributed by atoms with Crippen molar-refractivity contribution in [2.45, 2.75) is 55.8 Å². The third kappa shape index (κ3) is 3.59. The van der Waals surface area contributed by atoms with Crippen molar-refractivity contribution in [1.29, 1.82) is 0 Å². The van der Waals surface area contributed by atoms with Crippen LogP contribution in [0.5, 0.6) is 0 Å². The van der Waals surface area contributed by atoms with Crippen molar-refractivity contribution in [2.24, 2.45) is 0 Å². The zero-order valence-corrected chi connectivity index (χ0v) is 16.6. The van der Waals surface area contributed by atoms with Crippen molar-refractivity contribution in [3.63, 3.8) is 0 Å². The number of likely N-dealkylation sites (N-methyl/N-ethyl adjacent to an activating group) is 1. The zero-order chi connectivity index (χ0) is 21.7. The Bertz CT molecular complexity index is 877. The van der Waals surface area contributed by atoms with Crippen LogP contribution in [-0.4, -0.2) is 59.9 Å². The Morgan fingerprint density at radius 3 is 2.60 bits per heavy atom. The fraction of sp³-hybridized carbons (Fsp3) is 0.571. The largest absolute Gasteiger partial charge is 0.416 e. The molecule has 2 atom stereocenters. The maximum atomic E-state index is 13.4. The van der Waals surface area contributed by atoms with Gasteiger partial charge in [0.15, 0.2) is 0 Å². The summed E-state index contributed by atoms with van der Waals surface area (Å²) < 4.78 is 45.2. The highest BCUT2D eigenvalue weighted by atomic mass is 19.4. The summed E-state index contributed by atoms with van der Waals surface area (Å²) in [6.45, 7) is 0.897. The first-order chi connectivity index (χ1) is 14.1. The van der Waals surface area contributed by atoms with E-state index >= 15 is 0 Å². The van der Waals surface area contributed by atoms with Crippen LogP contribution in [0.2, 0.25) is 0 Å². The van der Waals surface area contributed by atoms with Crippen LogP contribution in [0.3, 0.4) is 0 Å². The first kappa shape index (κ1) is 20.8. The summed E-state index contributed by atoms with van der Waals surface area (Å²) in [5, 5.41) is 0. The van der Waals surface area contributed by atoms with Gasteiger partial charge >= 0.3 is 6.18 Å². The van der Waals surface area contributed by atoms with E-state index in [0.29, 0.717) is 32.5 Å². The second-order valence-corrected chi connectivity index (χ2v) is 8.34. The number of halogens is 3. The number of nitrogens with zero attached hydrogens (tertiary/aromatic N) is 2. The van der Waals surface area contributed by atoms with Gasteiger partial charge in [-0.1, -0.05) is 18.2 Å². The second kappa shape index (κ2) is 7.37. The molecule has 3 amide bonds. The molecule has 30 heavy (non-hydrogen) atoms. The molecule has 3 fully saturated rings. The fourth-order valence-electron chi connectivity index (χ4n) is 4.34. The molecule has 4 rings (SSSR count). The van der Waals surface area contributed by atoms with Gasteiger partial charge in [0, 0.05) is 32.5 Å². The Balaban J connectivity index is 1.72. The van der Waals surface area contributed by atoms with Crippen LogP contribution < -0.4 is 0 Å². The molecular weight excluding hydrogens is 401 g/mol. The third-order valence-electron chi connectivity index (χ3n) is 6.30. The molecule has 0 N–H and O–H groups in total. The van der Waals surface area contributed by atoms with Gasteiger partial charge in [-0.2, -0.15) is 13.2 Å². The summed E-state index contributed by atoms with van der Waals surface area (Å²) in [6, 6.07) is 4.07. The lowest BCUT2D eigenvalue weighted by Gasteiger charge is -2.31. The van der Waals surface area contributed by atoms with Crippen molar-refractivity contribution in [1.82, 2.24) is 9.80 Å². The molecular formula is C21H23F3N2O4. The van der Waals surface area contributed by atoms with Gasteiger partial charge < -0.3 is 9.64 Å². The predicted octanol–water partition coefficient (Wildman–Crippen LogP) is 2.50. The van der Waals surface area contributed by atoms with E-state index in [1.807, 2.05) is 0 Å². The number of carbonyl (C=O) groups is 3. The summed E-state index contributed by atoms with van der Waals surface area (Å²) >= 11 is 0. The lowest BCUT2D eigenvalue weighted by atomic mass is 9.75. The number of rotatable bonds is 5. The fourth-order valence-corrected chi connectivity index (χ4v) is 4.34. The number of hydrogen-bond donors (Lipinski definition) is 0. The lowest BCUT2D eigenvalue weighted by Crippen LogP contribution is -2.45. The average Bonchev–Trinajstić information content (AvgIpc) is 3.29. The van der Waals surface area contributed by atoms with Crippen LogP contribution >= 0.6 is 0 Å². The predicted molar refractivity (Wildman–Crippen MR) is 99.2 cm³/mol. The summed E-state index contributed by atoms with van der Waals surface area (Å²) in [7, 11) is 1.60. The van der Waals surface area contributed by atoms with E-state index in [0.717, 1.165) is 17.0 Å². The van der Waals surface area contributed by atoms with Crippen LogP contribution in [0.1, 0.15) is 43.2 Å². The maximum absolute atomic E-state index is 13.4. The quantitative estimate of drug-likeness (QED) is 0.682. The Hall–Kier alpha value is -2.42. The van der Waals surface area contributed by atoms with Crippen LogP contribution in [-0.2, 0) is 30.7 Å². The van der Waals surface area contributed by atoms with Crippen LogP contribution in [0, 0.1) is 0 Å². The van der Waals surface area contributed by atoms with Crippen molar-refractivity contribution in [3.05, 3.63) is 35.4 Å². The molecule has 0 spiro atoms. The molecule has 1 aromatic carbocycles. The molecule has 2 aliphatic heterocycles. The van der Waals surface area contributed by atoms with E-state index in [1.165, 1.54) is 17.0 Å². The molecule has 0 radical (unpaired) electrons. The maximum Gasteiger partial charge on any atom is 0.416 e. The number of carbonyl (C=O) groups excluding carboxylic acids is 3. The van der Waals surface area contributed by atoms with Crippen molar-refractivity contribution in [2.75, 3.05) is 20.3 Å². The Labute approximate surface area is 172 Å². The number of ether oxygens (including phenoxy) is 1. The summed E-state index contributed by atoms with van der Waals surface area (Å²) in [5.41, 5.74) is -2.47. The van der Waals surface area contributed by atoms with Gasteiger partial charge in [-0.15, -0.1) is 0 Å². The number of imide groups is 1. The summed E-state index contributed by atoms with van der Waals surface area (Å²) in [5.74, 6) is -1.39. The van der Waals surface area contributed by atoms with E-state index in [9.17, 15) is 27.6 Å². The van der Waals surface area contributed by atoms with Gasteiger partial charge in [0.25, 0.3) is 0 Å². The highest BCUT2D eigenvalue weighted by molar-refractivity contribution is 6.11. The Kier molecular flexibility index (Phi) is 5.12.